The van der Waals surface area contributed by atoms with Crippen molar-refractivity contribution in [1.82, 2.24) is 15.5 Å². The van der Waals surface area contributed by atoms with Gasteiger partial charge in [-0.3, -0.25) is 29.2 Å². The highest BCUT2D eigenvalue weighted by atomic mass is 31.3. The first-order valence-electron chi connectivity index (χ1n) is 11.1. The van der Waals surface area contributed by atoms with Gasteiger partial charge in [0.2, 0.25) is 11.8 Å². The zero-order chi connectivity index (χ0) is 31.2. The predicted molar refractivity (Wildman–Crippen MR) is 123 cm³/mol. The smallest absolute Gasteiger partial charge is 0.394 e. The molecule has 4 amide bonds. The summed E-state index contributed by atoms with van der Waals surface area (Å²) in [6.45, 7) is -0.580. The Balaban J connectivity index is 0.000000415. The summed E-state index contributed by atoms with van der Waals surface area (Å²) in [5.74, 6) is -1.41. The van der Waals surface area contributed by atoms with Crippen LogP contribution in [-0.2, 0) is 32.6 Å². The van der Waals surface area contributed by atoms with E-state index < -0.39 is 101 Å². The van der Waals surface area contributed by atoms with Gasteiger partial charge in [0.05, 0.1) is 13.2 Å². The van der Waals surface area contributed by atoms with Crippen LogP contribution in [0.5, 0.6) is 0 Å². The van der Waals surface area contributed by atoms with Crippen molar-refractivity contribution in [3.63, 3.8) is 0 Å². The molecule has 2 fully saturated rings. The number of aliphatic hydroxyl groups excluding tert-OH is 7. The van der Waals surface area contributed by atoms with Gasteiger partial charge in [-0.15, -0.1) is 0 Å². The third-order valence-corrected chi connectivity index (χ3v) is 7.88. The van der Waals surface area contributed by atoms with Crippen LogP contribution in [0, 0.1) is 0 Å². The molecule has 2 saturated heterocycles. The number of hydrogen-bond acceptors (Lipinski definition) is 15. The average molecular weight is 627 g/mol. The van der Waals surface area contributed by atoms with E-state index in [-0.39, 0.29) is 13.0 Å². The monoisotopic (exact) mass is 627 g/mol. The number of phosphoric acid groups is 1. The first-order valence-corrected chi connectivity index (χ1v) is 14.2. The number of amides is 4. The van der Waals surface area contributed by atoms with Crippen molar-refractivity contribution in [2.24, 2.45) is 0 Å². The van der Waals surface area contributed by atoms with Crippen LogP contribution in [0.1, 0.15) is 13.3 Å². The second-order valence-corrected chi connectivity index (χ2v) is 11.5. The van der Waals surface area contributed by atoms with Crippen LogP contribution >= 0.6 is 15.4 Å². The van der Waals surface area contributed by atoms with Crippen molar-refractivity contribution in [1.29, 1.82) is 0 Å². The van der Waals surface area contributed by atoms with Crippen LogP contribution in [0.3, 0.4) is 0 Å². The Bertz CT molecular complexity index is 1020. The first-order chi connectivity index (χ1) is 18.3. The number of urea groups is 1. The summed E-state index contributed by atoms with van der Waals surface area (Å²) in [5, 5.41) is 68.9. The van der Waals surface area contributed by atoms with E-state index in [0.717, 1.165) is 11.8 Å². The molecule has 2 aliphatic rings. The molecule has 23 heteroatoms. The number of nitrogens with one attached hydrogen (secondary N) is 2. The third kappa shape index (κ3) is 9.86. The summed E-state index contributed by atoms with van der Waals surface area (Å²) in [6, 6.07) is -3.03. The Morgan fingerprint density at radius 2 is 1.68 bits per heavy atom. The normalized spacial score (nSPS) is 27.8. The maximum absolute atomic E-state index is 11.8. The highest BCUT2D eigenvalue weighted by molar-refractivity contribution is 7.76. The lowest BCUT2D eigenvalue weighted by Crippen LogP contribution is -2.56. The number of nitrogens with zero attached hydrogens (tertiary/aromatic N) is 1. The van der Waals surface area contributed by atoms with E-state index in [2.05, 4.69) is 9.63 Å². The fourth-order valence-corrected chi connectivity index (χ4v) is 5.41. The molecular formula is C17H31N3O18P2. The molecule has 0 aromatic carbocycles. The number of carbonyl (C=O) groups is 4. The molecule has 0 aromatic heterocycles. The van der Waals surface area contributed by atoms with Crippen LogP contribution in [0.2, 0.25) is 0 Å². The van der Waals surface area contributed by atoms with Crippen molar-refractivity contribution in [3.8, 4) is 0 Å². The molecule has 0 aliphatic carbocycles. The third-order valence-electron chi connectivity index (χ3n) is 5.30. The maximum atomic E-state index is 11.8. The second kappa shape index (κ2) is 14.8. The molecule has 2 aliphatic heterocycles. The Labute approximate surface area is 224 Å². The van der Waals surface area contributed by atoms with Crippen LogP contribution in [-0.4, -0.2) is 147 Å². The Morgan fingerprint density at radius 3 is 2.10 bits per heavy atom. The van der Waals surface area contributed by atoms with Gasteiger partial charge in [-0.05, 0) is 0 Å². The zero-order valence-electron chi connectivity index (χ0n) is 20.5. The van der Waals surface area contributed by atoms with Gasteiger partial charge < -0.3 is 60.5 Å². The minimum absolute atomic E-state index is 0.108. The number of ether oxygens (including phenoxy) is 1. The van der Waals surface area contributed by atoms with Crippen LogP contribution in [0.15, 0.2) is 0 Å². The molecule has 0 bridgehead atoms. The van der Waals surface area contributed by atoms with Crippen LogP contribution in [0.4, 0.5) is 4.79 Å². The highest BCUT2D eigenvalue weighted by Gasteiger charge is 2.48. The van der Waals surface area contributed by atoms with Crippen LogP contribution < -0.4 is 10.6 Å². The van der Waals surface area contributed by atoms with Gasteiger partial charge in [0, 0.05) is 19.9 Å². The number of aliphatic hydroxyl groups is 7. The Morgan fingerprint density at radius 1 is 1.10 bits per heavy atom. The van der Waals surface area contributed by atoms with E-state index in [1.54, 1.807) is 5.32 Å². The average Bonchev–Trinajstić information content (AvgIpc) is 3.12. The van der Waals surface area contributed by atoms with E-state index in [0.29, 0.717) is 0 Å². The van der Waals surface area contributed by atoms with Crippen molar-refractivity contribution in [2.45, 2.75) is 62.2 Å². The molecule has 0 spiro atoms. The lowest BCUT2D eigenvalue weighted by atomic mass is 10.0. The Kier molecular flexibility index (Phi) is 13.4. The fourth-order valence-electron chi connectivity index (χ4n) is 3.36. The fraction of sp³-hybridized carbons (Fsp3) is 0.765. The van der Waals surface area contributed by atoms with Gasteiger partial charge in [0.15, 0.2) is 6.23 Å². The van der Waals surface area contributed by atoms with Gasteiger partial charge >= 0.3 is 21.4 Å². The van der Waals surface area contributed by atoms with Gasteiger partial charge in [-0.25, -0.2) is 13.7 Å². The quantitative estimate of drug-likeness (QED) is 0.0947. The standard InChI is InChI=1S/C9H14N2O6.C8H17NO12P2/c12-3-4-6(14)7(15)8(17-4)11-2-1-5(13)10-9(11)16;1-3(11)9-5(7(14)6(13)4(12)2-10)8(15)22(16,17)21-23(18,19)20/h4,6-8,12,14-15H,1-3H2,(H,10,13,16);4-7,10,12-14H,2H2,1H3,(H,9,11)(H,16,17)(H2,18,19,20)/t4-,6-,7-,8-;4-,5-,6+,7-/m11/s1. The van der Waals surface area contributed by atoms with Gasteiger partial charge in [-0.1, -0.05) is 0 Å². The topological polar surface area (TPSA) is 350 Å². The maximum Gasteiger partial charge on any atom is 0.477 e. The zero-order valence-corrected chi connectivity index (χ0v) is 22.3. The van der Waals surface area contributed by atoms with Crippen molar-refractivity contribution >= 4 is 38.8 Å². The van der Waals surface area contributed by atoms with Gasteiger partial charge in [0.25, 0.3) is 5.52 Å². The molecule has 232 valence electrons. The molecule has 0 saturated carbocycles. The summed E-state index contributed by atoms with van der Waals surface area (Å²) in [4.78, 5) is 72.6. The number of rotatable bonds is 11. The molecule has 2 rings (SSSR count). The van der Waals surface area contributed by atoms with Crippen molar-refractivity contribution < 1.29 is 87.8 Å². The predicted octanol–water partition coefficient (Wildman–Crippen LogP) is -6.25. The molecule has 1 unspecified atom stereocenters. The summed E-state index contributed by atoms with van der Waals surface area (Å²) in [7, 11) is -11.3. The lowest BCUT2D eigenvalue weighted by Gasteiger charge is -2.32. The van der Waals surface area contributed by atoms with Gasteiger partial charge in [-0.2, -0.15) is 0 Å². The molecule has 0 radical (unpaired) electrons. The molecule has 12 N–H and O–H groups in total. The van der Waals surface area contributed by atoms with Crippen molar-refractivity contribution in [3.05, 3.63) is 0 Å². The molecular weight excluding hydrogens is 596 g/mol. The number of imide groups is 1. The molecule has 40 heavy (non-hydrogen) atoms. The minimum Gasteiger partial charge on any atom is -0.394 e. The van der Waals surface area contributed by atoms with Crippen LogP contribution in [0.25, 0.3) is 0 Å². The highest BCUT2D eigenvalue weighted by Crippen LogP contribution is 2.58. The summed E-state index contributed by atoms with van der Waals surface area (Å²) >= 11 is 0. The lowest BCUT2D eigenvalue weighted by molar-refractivity contribution is -0.132. The number of hydrogen-bond donors (Lipinski definition) is 12. The molecule has 0 aromatic rings. The summed E-state index contributed by atoms with van der Waals surface area (Å²) < 4.78 is 30.7. The second-order valence-electron chi connectivity index (χ2n) is 8.37. The van der Waals surface area contributed by atoms with E-state index in [1.807, 2.05) is 0 Å². The van der Waals surface area contributed by atoms with Crippen molar-refractivity contribution in [2.75, 3.05) is 19.8 Å². The van der Waals surface area contributed by atoms with E-state index >= 15 is 0 Å². The summed E-state index contributed by atoms with van der Waals surface area (Å²) in [6.07, 6.45) is -11.0. The Hall–Kier alpha value is -1.94. The molecule has 2 heterocycles. The number of carbonyl (C=O) groups excluding carboxylic acids is 4. The van der Waals surface area contributed by atoms with E-state index in [9.17, 15) is 58.7 Å². The summed E-state index contributed by atoms with van der Waals surface area (Å²) in [5.41, 5.74) is -2.05. The largest absolute Gasteiger partial charge is 0.477 e. The van der Waals surface area contributed by atoms with E-state index in [4.69, 9.17) is 24.7 Å². The molecule has 9 atom stereocenters. The van der Waals surface area contributed by atoms with E-state index in [1.165, 1.54) is 0 Å². The molecule has 21 nitrogen and oxygen atoms in total. The minimum atomic E-state index is -5.68. The van der Waals surface area contributed by atoms with Gasteiger partial charge in [0.1, 0.15) is 42.7 Å². The SMILES string of the molecule is CC(=O)N[C@@H](C(=O)P(=O)(O)OP(=O)(O)O)[C@@H](O)[C@@H](O)[C@H](O)CO.O=C1CCN([C@@H]2O[C@H](CO)[C@@H](O)[C@H]2O)C(=O)N1. The first kappa shape index (κ1) is 36.1.